The first kappa shape index (κ1) is 14.9. The Morgan fingerprint density at radius 3 is 3.05 bits per heavy atom. The van der Waals surface area contributed by atoms with E-state index in [1.54, 1.807) is 10.9 Å². The van der Waals surface area contributed by atoms with Crippen molar-refractivity contribution in [3.8, 4) is 0 Å². The summed E-state index contributed by atoms with van der Waals surface area (Å²) in [5, 5.41) is 12.7. The summed E-state index contributed by atoms with van der Waals surface area (Å²) >= 11 is 3.50. The maximum Gasteiger partial charge on any atom is 0.102 e. The van der Waals surface area contributed by atoms with Crippen LogP contribution < -0.4 is 11.1 Å². The summed E-state index contributed by atoms with van der Waals surface area (Å²) in [5.74, 6) is 0. The Bertz CT molecular complexity index is 783. The number of hydrogen-bond donors (Lipinski definition) is 2. The molecule has 0 aliphatic carbocycles. The zero-order valence-corrected chi connectivity index (χ0v) is 13.8. The average Bonchev–Trinajstić information content (AvgIpc) is 2.91. The van der Waals surface area contributed by atoms with Crippen LogP contribution in [0.25, 0.3) is 10.9 Å². The van der Waals surface area contributed by atoms with Gasteiger partial charge in [-0.15, -0.1) is 5.10 Å². The van der Waals surface area contributed by atoms with Gasteiger partial charge in [-0.05, 0) is 31.2 Å². The van der Waals surface area contributed by atoms with E-state index in [1.165, 1.54) is 0 Å². The van der Waals surface area contributed by atoms with E-state index in [4.69, 9.17) is 5.73 Å². The lowest BCUT2D eigenvalue weighted by atomic mass is 10.2. The fourth-order valence-electron chi connectivity index (χ4n) is 2.26. The van der Waals surface area contributed by atoms with Gasteiger partial charge in [0.2, 0.25) is 0 Å². The zero-order chi connectivity index (χ0) is 15.5. The van der Waals surface area contributed by atoms with Gasteiger partial charge >= 0.3 is 0 Å². The number of pyridine rings is 1. The molecule has 2 heterocycles. The minimum absolute atomic E-state index is 0.0593. The molecule has 7 heteroatoms. The van der Waals surface area contributed by atoms with Crippen molar-refractivity contribution in [1.82, 2.24) is 20.0 Å². The molecule has 6 nitrogen and oxygen atoms in total. The van der Waals surface area contributed by atoms with Crippen LogP contribution in [0.4, 0.5) is 5.69 Å². The lowest BCUT2D eigenvalue weighted by molar-refractivity contribution is 0.523. The topological polar surface area (TPSA) is 81.6 Å². The number of nitrogens with one attached hydrogen (secondary N) is 1. The van der Waals surface area contributed by atoms with Crippen molar-refractivity contribution in [2.75, 3.05) is 5.32 Å². The van der Waals surface area contributed by atoms with Crippen molar-refractivity contribution in [3.63, 3.8) is 0 Å². The molecule has 1 atom stereocenters. The normalized spacial score (nSPS) is 12.5. The van der Waals surface area contributed by atoms with Crippen molar-refractivity contribution < 1.29 is 0 Å². The van der Waals surface area contributed by atoms with E-state index < -0.39 is 0 Å². The molecule has 0 amide bonds. The van der Waals surface area contributed by atoms with E-state index in [0.29, 0.717) is 13.1 Å². The molecule has 0 aliphatic rings. The molecule has 2 aromatic heterocycles. The van der Waals surface area contributed by atoms with Crippen molar-refractivity contribution in [1.29, 1.82) is 0 Å². The Morgan fingerprint density at radius 1 is 1.36 bits per heavy atom. The SMILES string of the molecule is C[C@H](N)Cn1cc(CNc2ccnc3ccc(Br)cc23)nn1. The molecule has 0 radical (unpaired) electrons. The summed E-state index contributed by atoms with van der Waals surface area (Å²) in [5.41, 5.74) is 8.61. The van der Waals surface area contributed by atoms with Crippen LogP contribution in [0.15, 0.2) is 41.1 Å². The predicted octanol–water partition coefficient (Wildman–Crippen LogP) is 2.55. The van der Waals surface area contributed by atoms with Gasteiger partial charge in [-0.3, -0.25) is 9.67 Å². The standard InChI is InChI=1S/C15H17BrN6/c1-10(17)8-22-9-12(20-21-22)7-19-15-4-5-18-14-3-2-11(16)6-13(14)15/h2-6,9-10H,7-8,17H2,1H3,(H,18,19)/t10-/m0/s1. The number of halogens is 1. The van der Waals surface area contributed by atoms with Gasteiger partial charge in [0.15, 0.2) is 0 Å². The van der Waals surface area contributed by atoms with Gasteiger partial charge in [-0.25, -0.2) is 0 Å². The summed E-state index contributed by atoms with van der Waals surface area (Å²) < 4.78 is 2.79. The Kier molecular flexibility index (Phi) is 4.35. The van der Waals surface area contributed by atoms with Crippen LogP contribution in [0.1, 0.15) is 12.6 Å². The van der Waals surface area contributed by atoms with E-state index in [-0.39, 0.29) is 6.04 Å². The smallest absolute Gasteiger partial charge is 0.102 e. The van der Waals surface area contributed by atoms with E-state index in [1.807, 2.05) is 31.3 Å². The maximum atomic E-state index is 5.76. The number of benzene rings is 1. The van der Waals surface area contributed by atoms with Crippen LogP contribution in [0.5, 0.6) is 0 Å². The highest BCUT2D eigenvalue weighted by molar-refractivity contribution is 9.10. The van der Waals surface area contributed by atoms with Gasteiger partial charge in [0.25, 0.3) is 0 Å². The molecule has 0 bridgehead atoms. The number of nitrogens with zero attached hydrogens (tertiary/aromatic N) is 4. The van der Waals surface area contributed by atoms with Crippen molar-refractivity contribution in [3.05, 3.63) is 46.8 Å². The van der Waals surface area contributed by atoms with Crippen molar-refractivity contribution >= 4 is 32.5 Å². The Labute approximate surface area is 136 Å². The summed E-state index contributed by atoms with van der Waals surface area (Å²) in [6.45, 7) is 3.21. The van der Waals surface area contributed by atoms with Crippen molar-refractivity contribution in [2.45, 2.75) is 26.1 Å². The molecule has 1 aromatic carbocycles. The highest BCUT2D eigenvalue weighted by atomic mass is 79.9. The van der Waals surface area contributed by atoms with Gasteiger partial charge in [-0.2, -0.15) is 0 Å². The van der Waals surface area contributed by atoms with Crippen LogP contribution in [0, 0.1) is 0 Å². The third-order valence-corrected chi connectivity index (χ3v) is 3.72. The molecule has 3 N–H and O–H groups in total. The van der Waals surface area contributed by atoms with Gasteiger partial charge in [-0.1, -0.05) is 21.1 Å². The maximum absolute atomic E-state index is 5.76. The zero-order valence-electron chi connectivity index (χ0n) is 12.2. The Hall–Kier alpha value is -1.99. The first-order valence-electron chi connectivity index (χ1n) is 7.04. The number of rotatable bonds is 5. The van der Waals surface area contributed by atoms with Crippen LogP contribution in [-0.4, -0.2) is 26.0 Å². The third kappa shape index (κ3) is 3.42. The molecular weight excluding hydrogens is 344 g/mol. The number of anilines is 1. The minimum atomic E-state index is 0.0593. The number of aromatic nitrogens is 4. The summed E-state index contributed by atoms with van der Waals surface area (Å²) in [7, 11) is 0. The second-order valence-electron chi connectivity index (χ2n) is 5.28. The second kappa shape index (κ2) is 6.41. The molecule has 0 fully saturated rings. The Balaban J connectivity index is 1.76. The van der Waals surface area contributed by atoms with Gasteiger partial charge < -0.3 is 11.1 Å². The lowest BCUT2D eigenvalue weighted by Gasteiger charge is -2.08. The van der Waals surface area contributed by atoms with E-state index in [2.05, 4.69) is 42.6 Å². The summed E-state index contributed by atoms with van der Waals surface area (Å²) in [6, 6.07) is 8.05. The minimum Gasteiger partial charge on any atom is -0.379 e. The van der Waals surface area contributed by atoms with E-state index in [9.17, 15) is 0 Å². The predicted molar refractivity (Wildman–Crippen MR) is 90.4 cm³/mol. The lowest BCUT2D eigenvalue weighted by Crippen LogP contribution is -2.22. The van der Waals surface area contributed by atoms with Crippen LogP contribution in [0.2, 0.25) is 0 Å². The molecule has 22 heavy (non-hydrogen) atoms. The monoisotopic (exact) mass is 360 g/mol. The number of nitrogens with two attached hydrogens (primary N) is 1. The fourth-order valence-corrected chi connectivity index (χ4v) is 2.62. The average molecular weight is 361 g/mol. The molecule has 3 rings (SSSR count). The molecule has 3 aromatic rings. The van der Waals surface area contributed by atoms with Gasteiger partial charge in [0, 0.05) is 27.8 Å². The van der Waals surface area contributed by atoms with Gasteiger partial charge in [0.05, 0.1) is 24.8 Å². The van der Waals surface area contributed by atoms with Gasteiger partial charge in [0.1, 0.15) is 5.69 Å². The molecule has 0 aliphatic heterocycles. The Morgan fingerprint density at radius 2 is 2.23 bits per heavy atom. The van der Waals surface area contributed by atoms with Crippen LogP contribution in [0.3, 0.4) is 0 Å². The molecule has 0 unspecified atom stereocenters. The quantitative estimate of drug-likeness (QED) is 0.730. The first-order valence-corrected chi connectivity index (χ1v) is 7.84. The fraction of sp³-hybridized carbons (Fsp3) is 0.267. The molecule has 0 saturated carbocycles. The molecule has 0 spiro atoms. The third-order valence-electron chi connectivity index (χ3n) is 3.22. The van der Waals surface area contributed by atoms with Crippen LogP contribution >= 0.6 is 15.9 Å². The highest BCUT2D eigenvalue weighted by Gasteiger charge is 2.05. The summed E-state index contributed by atoms with van der Waals surface area (Å²) in [6.07, 6.45) is 3.71. The largest absolute Gasteiger partial charge is 0.379 e. The molecular formula is C15H17BrN6. The molecule has 0 saturated heterocycles. The molecule has 114 valence electrons. The van der Waals surface area contributed by atoms with E-state index >= 15 is 0 Å². The summed E-state index contributed by atoms with van der Waals surface area (Å²) in [4.78, 5) is 4.37. The highest BCUT2D eigenvalue weighted by Crippen LogP contribution is 2.25. The number of hydrogen-bond acceptors (Lipinski definition) is 5. The van der Waals surface area contributed by atoms with Crippen LogP contribution in [-0.2, 0) is 13.1 Å². The van der Waals surface area contributed by atoms with E-state index in [0.717, 1.165) is 26.8 Å². The number of fused-ring (bicyclic) bond motifs is 1. The second-order valence-corrected chi connectivity index (χ2v) is 6.20. The van der Waals surface area contributed by atoms with Crippen molar-refractivity contribution in [2.24, 2.45) is 5.73 Å². The first-order chi connectivity index (χ1) is 10.6.